The zero-order valence-electron chi connectivity index (χ0n) is 13.8. The second-order valence-corrected chi connectivity index (χ2v) is 5.81. The second-order valence-electron chi connectivity index (χ2n) is 5.81. The molecular weight excluding hydrogens is 324 g/mol. The molecule has 3 aromatic carbocycles. The SMILES string of the molecule is COc1ccc2cc([C@@H](C)C(=O)Nc3cc(F)ccc3F)ccc2c1. The number of anilines is 1. The summed E-state index contributed by atoms with van der Waals surface area (Å²) in [5.41, 5.74) is 0.620. The van der Waals surface area contributed by atoms with E-state index < -0.39 is 23.5 Å². The summed E-state index contributed by atoms with van der Waals surface area (Å²) in [6.07, 6.45) is 0. The van der Waals surface area contributed by atoms with Gasteiger partial charge in [0.1, 0.15) is 17.4 Å². The number of fused-ring (bicyclic) bond motifs is 1. The Labute approximate surface area is 144 Å². The number of nitrogens with one attached hydrogen (secondary N) is 1. The van der Waals surface area contributed by atoms with E-state index in [1.54, 1.807) is 14.0 Å². The van der Waals surface area contributed by atoms with Gasteiger partial charge in [-0.25, -0.2) is 8.78 Å². The third-order valence-corrected chi connectivity index (χ3v) is 4.15. The molecule has 0 aromatic heterocycles. The van der Waals surface area contributed by atoms with Crippen LogP contribution in [0.25, 0.3) is 10.8 Å². The molecule has 0 unspecified atom stereocenters. The normalized spacial score (nSPS) is 12.0. The number of hydrogen-bond donors (Lipinski definition) is 1. The smallest absolute Gasteiger partial charge is 0.231 e. The van der Waals surface area contributed by atoms with Gasteiger partial charge in [0.2, 0.25) is 5.91 Å². The molecule has 0 saturated carbocycles. The van der Waals surface area contributed by atoms with Crippen molar-refractivity contribution in [1.29, 1.82) is 0 Å². The molecule has 0 radical (unpaired) electrons. The number of ether oxygens (including phenoxy) is 1. The Hall–Kier alpha value is -2.95. The molecule has 0 bridgehead atoms. The van der Waals surface area contributed by atoms with Gasteiger partial charge in [-0.1, -0.05) is 24.3 Å². The number of amides is 1. The third-order valence-electron chi connectivity index (χ3n) is 4.15. The van der Waals surface area contributed by atoms with E-state index in [0.29, 0.717) is 0 Å². The minimum Gasteiger partial charge on any atom is -0.497 e. The van der Waals surface area contributed by atoms with Gasteiger partial charge in [-0.3, -0.25) is 4.79 Å². The van der Waals surface area contributed by atoms with Crippen LogP contribution in [0.5, 0.6) is 5.75 Å². The summed E-state index contributed by atoms with van der Waals surface area (Å²) < 4.78 is 32.1. The Kier molecular flexibility index (Phi) is 4.65. The Morgan fingerprint density at radius 1 is 1.00 bits per heavy atom. The maximum atomic E-state index is 13.7. The highest BCUT2D eigenvalue weighted by Crippen LogP contribution is 2.26. The summed E-state index contributed by atoms with van der Waals surface area (Å²) in [5.74, 6) is -1.45. The minimum absolute atomic E-state index is 0.164. The number of methoxy groups -OCH3 is 1. The molecule has 0 heterocycles. The van der Waals surface area contributed by atoms with E-state index in [0.717, 1.165) is 40.3 Å². The van der Waals surface area contributed by atoms with Gasteiger partial charge in [0.05, 0.1) is 18.7 Å². The zero-order chi connectivity index (χ0) is 18.0. The minimum atomic E-state index is -0.674. The van der Waals surface area contributed by atoms with Gasteiger partial charge in [0.15, 0.2) is 0 Å². The first-order valence-electron chi connectivity index (χ1n) is 7.81. The van der Waals surface area contributed by atoms with Gasteiger partial charge in [-0.15, -0.1) is 0 Å². The van der Waals surface area contributed by atoms with Crippen molar-refractivity contribution in [2.75, 3.05) is 12.4 Å². The lowest BCUT2D eigenvalue weighted by Gasteiger charge is -2.14. The molecular formula is C20H17F2NO2. The third kappa shape index (κ3) is 3.60. The second kappa shape index (κ2) is 6.89. The molecule has 25 heavy (non-hydrogen) atoms. The van der Waals surface area contributed by atoms with Crippen molar-refractivity contribution in [1.82, 2.24) is 0 Å². The molecule has 1 atom stereocenters. The highest BCUT2D eigenvalue weighted by atomic mass is 19.1. The molecule has 0 saturated heterocycles. The van der Waals surface area contributed by atoms with Crippen LogP contribution in [0.4, 0.5) is 14.5 Å². The molecule has 1 N–H and O–H groups in total. The first-order valence-corrected chi connectivity index (χ1v) is 7.81. The van der Waals surface area contributed by atoms with Crippen LogP contribution in [-0.2, 0) is 4.79 Å². The average molecular weight is 341 g/mol. The van der Waals surface area contributed by atoms with Crippen LogP contribution in [0.15, 0.2) is 54.6 Å². The predicted octanol–water partition coefficient (Wildman–Crippen LogP) is 4.87. The first kappa shape index (κ1) is 16.9. The fourth-order valence-corrected chi connectivity index (χ4v) is 2.62. The summed E-state index contributed by atoms with van der Waals surface area (Å²) in [6.45, 7) is 1.72. The monoisotopic (exact) mass is 341 g/mol. The predicted molar refractivity (Wildman–Crippen MR) is 93.9 cm³/mol. The topological polar surface area (TPSA) is 38.3 Å². The summed E-state index contributed by atoms with van der Waals surface area (Å²) in [6, 6.07) is 14.3. The Morgan fingerprint density at radius 3 is 2.48 bits per heavy atom. The number of rotatable bonds is 4. The van der Waals surface area contributed by atoms with Gasteiger partial charge < -0.3 is 10.1 Å². The molecule has 0 spiro atoms. The Balaban J connectivity index is 1.84. The van der Waals surface area contributed by atoms with Gasteiger partial charge in [0, 0.05) is 6.07 Å². The molecule has 5 heteroatoms. The van der Waals surface area contributed by atoms with Crippen molar-refractivity contribution in [2.45, 2.75) is 12.8 Å². The van der Waals surface area contributed by atoms with Crippen molar-refractivity contribution >= 4 is 22.4 Å². The number of carbonyl (C=O) groups is 1. The molecule has 0 aliphatic carbocycles. The lowest BCUT2D eigenvalue weighted by atomic mass is 9.97. The fourth-order valence-electron chi connectivity index (χ4n) is 2.62. The van der Waals surface area contributed by atoms with Crippen LogP contribution in [0.1, 0.15) is 18.4 Å². The maximum absolute atomic E-state index is 13.7. The zero-order valence-corrected chi connectivity index (χ0v) is 13.8. The van der Waals surface area contributed by atoms with Crippen LogP contribution in [0.2, 0.25) is 0 Å². The lowest BCUT2D eigenvalue weighted by Crippen LogP contribution is -2.19. The van der Waals surface area contributed by atoms with E-state index in [2.05, 4.69) is 5.32 Å². The highest BCUT2D eigenvalue weighted by molar-refractivity contribution is 5.96. The summed E-state index contributed by atoms with van der Waals surface area (Å²) in [7, 11) is 1.60. The highest BCUT2D eigenvalue weighted by Gasteiger charge is 2.17. The molecule has 1 amide bonds. The van der Waals surface area contributed by atoms with Gasteiger partial charge in [-0.05, 0) is 47.5 Å². The van der Waals surface area contributed by atoms with Crippen molar-refractivity contribution in [3.63, 3.8) is 0 Å². The van der Waals surface area contributed by atoms with Crippen LogP contribution < -0.4 is 10.1 Å². The number of carbonyl (C=O) groups excluding carboxylic acids is 1. The number of hydrogen-bond acceptors (Lipinski definition) is 2. The van der Waals surface area contributed by atoms with Gasteiger partial charge in [-0.2, -0.15) is 0 Å². The summed E-state index contributed by atoms with van der Waals surface area (Å²) >= 11 is 0. The molecule has 3 nitrogen and oxygen atoms in total. The maximum Gasteiger partial charge on any atom is 0.231 e. The standard InChI is InChI=1S/C20H17F2NO2/c1-12(20(24)23-19-11-16(21)6-8-18(19)22)13-3-4-15-10-17(25-2)7-5-14(15)9-13/h3-12H,1-2H3,(H,23,24)/t12-/m1/s1. The van der Waals surface area contributed by atoms with E-state index in [1.165, 1.54) is 0 Å². The van der Waals surface area contributed by atoms with Crippen molar-refractivity contribution < 1.29 is 18.3 Å². The van der Waals surface area contributed by atoms with Gasteiger partial charge >= 0.3 is 0 Å². The molecule has 0 aliphatic rings. The largest absolute Gasteiger partial charge is 0.497 e. The van der Waals surface area contributed by atoms with E-state index in [9.17, 15) is 13.6 Å². The summed E-state index contributed by atoms with van der Waals surface area (Å²) in [4.78, 5) is 12.4. The Bertz CT molecular complexity index is 940. The molecule has 3 aromatic rings. The molecule has 0 aliphatic heterocycles. The summed E-state index contributed by atoms with van der Waals surface area (Å²) in [5, 5.41) is 4.40. The molecule has 3 rings (SSSR count). The van der Waals surface area contributed by atoms with Crippen LogP contribution >= 0.6 is 0 Å². The first-order chi connectivity index (χ1) is 12.0. The quantitative estimate of drug-likeness (QED) is 0.735. The van der Waals surface area contributed by atoms with E-state index in [4.69, 9.17) is 4.74 Å². The van der Waals surface area contributed by atoms with Crippen molar-refractivity contribution in [3.05, 3.63) is 71.8 Å². The van der Waals surface area contributed by atoms with Crippen LogP contribution in [-0.4, -0.2) is 13.0 Å². The number of halogens is 2. The Morgan fingerprint density at radius 2 is 1.72 bits per heavy atom. The van der Waals surface area contributed by atoms with Crippen molar-refractivity contribution in [2.24, 2.45) is 0 Å². The average Bonchev–Trinajstić information content (AvgIpc) is 2.63. The van der Waals surface area contributed by atoms with Gasteiger partial charge in [0.25, 0.3) is 0 Å². The fraction of sp³-hybridized carbons (Fsp3) is 0.150. The van der Waals surface area contributed by atoms with E-state index in [-0.39, 0.29) is 5.69 Å². The number of benzene rings is 3. The molecule has 128 valence electrons. The van der Waals surface area contributed by atoms with E-state index in [1.807, 2.05) is 36.4 Å². The lowest BCUT2D eigenvalue weighted by molar-refractivity contribution is -0.117. The van der Waals surface area contributed by atoms with Crippen molar-refractivity contribution in [3.8, 4) is 5.75 Å². The van der Waals surface area contributed by atoms with Crippen LogP contribution in [0.3, 0.4) is 0 Å². The molecule has 0 fully saturated rings. The van der Waals surface area contributed by atoms with E-state index >= 15 is 0 Å². The van der Waals surface area contributed by atoms with Crippen LogP contribution in [0, 0.1) is 11.6 Å².